The van der Waals surface area contributed by atoms with E-state index in [0.717, 1.165) is 5.56 Å². The number of hydrogen-bond donors (Lipinski definition) is 0. The van der Waals surface area contributed by atoms with Crippen molar-refractivity contribution in [3.05, 3.63) is 70.0 Å². The quantitative estimate of drug-likeness (QED) is 0.666. The molecule has 28 heavy (non-hydrogen) atoms. The van der Waals surface area contributed by atoms with Crippen molar-refractivity contribution in [3.63, 3.8) is 0 Å². The second-order valence-electron chi connectivity index (χ2n) is 7.00. The Balaban J connectivity index is 1.76. The molecule has 7 nitrogen and oxygen atoms in total. The molecular formula is C20H19NO6S. The number of rotatable bonds is 4. The lowest BCUT2D eigenvalue weighted by atomic mass is 10.1. The Morgan fingerprint density at radius 3 is 2.75 bits per heavy atom. The maximum atomic E-state index is 13.2. The summed E-state index contributed by atoms with van der Waals surface area (Å²) in [4.78, 5) is 27.1. The zero-order chi connectivity index (χ0) is 19.9. The molecule has 2 aromatic heterocycles. The molecule has 1 atom stereocenters. The van der Waals surface area contributed by atoms with E-state index in [4.69, 9.17) is 8.83 Å². The first-order valence-electron chi connectivity index (χ1n) is 8.91. The van der Waals surface area contributed by atoms with Crippen molar-refractivity contribution in [1.29, 1.82) is 0 Å². The summed E-state index contributed by atoms with van der Waals surface area (Å²) < 4.78 is 35.0. The third-order valence-electron chi connectivity index (χ3n) is 4.98. The third kappa shape index (κ3) is 3.47. The van der Waals surface area contributed by atoms with Crippen molar-refractivity contribution in [2.24, 2.45) is 0 Å². The van der Waals surface area contributed by atoms with Gasteiger partial charge in [0.15, 0.2) is 21.0 Å². The molecule has 1 saturated heterocycles. The highest BCUT2D eigenvalue weighted by atomic mass is 32.2. The first-order valence-corrected chi connectivity index (χ1v) is 10.7. The highest BCUT2D eigenvalue weighted by Crippen LogP contribution is 2.24. The molecule has 0 N–H and O–H groups in total. The predicted molar refractivity (Wildman–Crippen MR) is 103 cm³/mol. The summed E-state index contributed by atoms with van der Waals surface area (Å²) in [6, 6.07) is 9.27. The molecule has 1 fully saturated rings. The minimum atomic E-state index is -3.20. The van der Waals surface area contributed by atoms with Crippen molar-refractivity contribution < 1.29 is 22.0 Å². The Bertz CT molecular complexity index is 1190. The maximum Gasteiger partial charge on any atom is 0.290 e. The fourth-order valence-electron chi connectivity index (χ4n) is 3.52. The van der Waals surface area contributed by atoms with Gasteiger partial charge in [0.05, 0.1) is 29.7 Å². The number of sulfone groups is 1. The number of aryl methyl sites for hydroxylation is 1. The Morgan fingerprint density at radius 2 is 2.07 bits per heavy atom. The second-order valence-corrected chi connectivity index (χ2v) is 9.22. The first-order chi connectivity index (χ1) is 13.3. The van der Waals surface area contributed by atoms with Gasteiger partial charge in [-0.1, -0.05) is 12.1 Å². The SMILES string of the molecule is Cc1cccc2c(=O)cc(C(=O)N(Cc3ccco3)C3CCS(=O)(=O)C3)oc12. The Hall–Kier alpha value is -2.87. The highest BCUT2D eigenvalue weighted by Gasteiger charge is 2.36. The van der Waals surface area contributed by atoms with Crippen LogP contribution in [0.15, 0.2) is 56.3 Å². The van der Waals surface area contributed by atoms with Crippen molar-refractivity contribution in [1.82, 2.24) is 4.90 Å². The van der Waals surface area contributed by atoms with E-state index < -0.39 is 21.8 Å². The largest absolute Gasteiger partial charge is 0.467 e. The second kappa shape index (κ2) is 6.94. The van der Waals surface area contributed by atoms with E-state index in [-0.39, 0.29) is 29.2 Å². The van der Waals surface area contributed by atoms with E-state index in [2.05, 4.69) is 0 Å². The van der Waals surface area contributed by atoms with E-state index in [1.54, 1.807) is 37.3 Å². The Labute approximate surface area is 161 Å². The molecule has 0 bridgehead atoms. The number of para-hydroxylation sites is 1. The van der Waals surface area contributed by atoms with Gasteiger partial charge in [-0.2, -0.15) is 0 Å². The normalized spacial score (nSPS) is 18.4. The number of nitrogens with zero attached hydrogens (tertiary/aromatic N) is 1. The van der Waals surface area contributed by atoms with E-state index in [9.17, 15) is 18.0 Å². The van der Waals surface area contributed by atoms with Crippen LogP contribution in [0.4, 0.5) is 0 Å². The van der Waals surface area contributed by atoms with Crippen LogP contribution in [-0.2, 0) is 16.4 Å². The van der Waals surface area contributed by atoms with Crippen LogP contribution >= 0.6 is 0 Å². The van der Waals surface area contributed by atoms with Crippen LogP contribution < -0.4 is 5.43 Å². The van der Waals surface area contributed by atoms with Crippen molar-refractivity contribution >= 4 is 26.7 Å². The van der Waals surface area contributed by atoms with Gasteiger partial charge in [0.25, 0.3) is 5.91 Å². The Morgan fingerprint density at radius 1 is 1.25 bits per heavy atom. The fourth-order valence-corrected chi connectivity index (χ4v) is 5.25. The molecule has 1 aromatic carbocycles. The minimum Gasteiger partial charge on any atom is -0.467 e. The molecule has 8 heteroatoms. The molecule has 0 radical (unpaired) electrons. The van der Waals surface area contributed by atoms with Gasteiger partial charge in [0.1, 0.15) is 11.3 Å². The molecule has 3 aromatic rings. The predicted octanol–water partition coefficient (Wildman–Crippen LogP) is 2.52. The molecular weight excluding hydrogens is 382 g/mol. The summed E-state index contributed by atoms with van der Waals surface area (Å²) in [6.45, 7) is 1.89. The van der Waals surface area contributed by atoms with Crippen LogP contribution in [0.3, 0.4) is 0 Å². The minimum absolute atomic E-state index is 0.0282. The molecule has 0 spiro atoms. The van der Waals surface area contributed by atoms with Gasteiger partial charge in [0, 0.05) is 12.1 Å². The van der Waals surface area contributed by atoms with Gasteiger partial charge in [-0.15, -0.1) is 0 Å². The van der Waals surface area contributed by atoms with E-state index >= 15 is 0 Å². The molecule has 1 aliphatic rings. The number of amides is 1. The molecule has 0 saturated carbocycles. The van der Waals surface area contributed by atoms with Gasteiger partial charge >= 0.3 is 0 Å². The van der Waals surface area contributed by atoms with Gasteiger partial charge in [0.2, 0.25) is 0 Å². The molecule has 3 heterocycles. The van der Waals surface area contributed by atoms with Crippen LogP contribution in [0, 0.1) is 6.92 Å². The van der Waals surface area contributed by atoms with Crippen molar-refractivity contribution in [3.8, 4) is 0 Å². The van der Waals surface area contributed by atoms with Gasteiger partial charge in [-0.3, -0.25) is 9.59 Å². The lowest BCUT2D eigenvalue weighted by Crippen LogP contribution is -2.40. The number of fused-ring (bicyclic) bond motifs is 1. The fraction of sp³-hybridized carbons (Fsp3) is 0.300. The summed E-state index contributed by atoms with van der Waals surface area (Å²) in [6.07, 6.45) is 1.83. The lowest BCUT2D eigenvalue weighted by Gasteiger charge is -2.27. The number of hydrogen-bond acceptors (Lipinski definition) is 6. The van der Waals surface area contributed by atoms with Gasteiger partial charge < -0.3 is 13.7 Å². The van der Waals surface area contributed by atoms with Crippen LogP contribution in [-0.4, -0.2) is 36.8 Å². The molecule has 0 aliphatic carbocycles. The summed E-state index contributed by atoms with van der Waals surface area (Å²) in [5, 5.41) is 0.401. The first kappa shape index (κ1) is 18.5. The average Bonchev–Trinajstić information content (AvgIpc) is 3.29. The van der Waals surface area contributed by atoms with Crippen LogP contribution in [0.1, 0.15) is 28.3 Å². The van der Waals surface area contributed by atoms with Crippen LogP contribution in [0.2, 0.25) is 0 Å². The summed E-state index contributed by atoms with van der Waals surface area (Å²) >= 11 is 0. The number of furan rings is 1. The monoisotopic (exact) mass is 401 g/mol. The molecule has 146 valence electrons. The van der Waals surface area contributed by atoms with Crippen molar-refractivity contribution in [2.45, 2.75) is 25.9 Å². The number of carbonyl (C=O) groups is 1. The topological polar surface area (TPSA) is 97.8 Å². The highest BCUT2D eigenvalue weighted by molar-refractivity contribution is 7.91. The van der Waals surface area contributed by atoms with Crippen LogP contribution in [0.5, 0.6) is 0 Å². The van der Waals surface area contributed by atoms with Gasteiger partial charge in [-0.25, -0.2) is 8.42 Å². The van der Waals surface area contributed by atoms with E-state index in [0.29, 0.717) is 23.2 Å². The Kier molecular flexibility index (Phi) is 4.58. The van der Waals surface area contributed by atoms with Crippen LogP contribution in [0.25, 0.3) is 11.0 Å². The molecule has 1 amide bonds. The van der Waals surface area contributed by atoms with E-state index in [1.807, 2.05) is 0 Å². The number of benzene rings is 1. The average molecular weight is 401 g/mol. The zero-order valence-corrected chi connectivity index (χ0v) is 16.1. The lowest BCUT2D eigenvalue weighted by molar-refractivity contribution is 0.0634. The molecule has 1 aliphatic heterocycles. The van der Waals surface area contributed by atoms with Gasteiger partial charge in [-0.05, 0) is 37.1 Å². The third-order valence-corrected chi connectivity index (χ3v) is 6.73. The summed E-state index contributed by atoms with van der Waals surface area (Å²) in [5.41, 5.74) is 0.783. The van der Waals surface area contributed by atoms with E-state index in [1.165, 1.54) is 17.2 Å². The van der Waals surface area contributed by atoms with Crippen molar-refractivity contribution in [2.75, 3.05) is 11.5 Å². The summed E-state index contributed by atoms with van der Waals surface area (Å²) in [7, 11) is -3.20. The molecule has 1 unspecified atom stereocenters. The maximum absolute atomic E-state index is 13.2. The smallest absolute Gasteiger partial charge is 0.290 e. The summed E-state index contributed by atoms with van der Waals surface area (Å²) in [5.74, 6) is -0.197. The zero-order valence-electron chi connectivity index (χ0n) is 15.3. The number of carbonyl (C=O) groups excluding carboxylic acids is 1. The standard InChI is InChI=1S/C20H19NO6S/c1-13-4-2-6-16-17(22)10-18(27-19(13)16)20(23)21(11-15-5-3-8-26-15)14-7-9-28(24,25)12-14/h2-6,8,10,14H,7,9,11-12H2,1H3. The molecule has 4 rings (SSSR count).